The Labute approximate surface area is 270 Å². The molecule has 0 saturated heterocycles. The van der Waals surface area contributed by atoms with Gasteiger partial charge in [0.25, 0.3) is 0 Å². The third-order valence-electron chi connectivity index (χ3n) is 8.55. The van der Waals surface area contributed by atoms with Gasteiger partial charge in [0.2, 0.25) is 8.32 Å². The Hall–Kier alpha value is -2.49. The average molecular weight is 669 g/mol. The van der Waals surface area contributed by atoms with Crippen molar-refractivity contribution in [2.45, 2.75) is 64.0 Å². The smallest absolute Gasteiger partial charge is 0.447 e. The SMILES string of the molecule is CN(CCOc1ccc(CC(CO)=C(O[Si](C)(C)C(C)(C)C)C(F)(F)F)cc1)C(C)(c1ccc(Cl)cc1)c1ccc(Cl)cc1. The Morgan fingerprint density at radius 3 is 1.70 bits per heavy atom. The third kappa shape index (κ3) is 8.82. The lowest BCUT2D eigenvalue weighted by molar-refractivity contribution is -0.120. The number of hydrogen-bond donors (Lipinski definition) is 1. The molecule has 0 unspecified atom stereocenters. The van der Waals surface area contributed by atoms with Gasteiger partial charge in [0.15, 0.2) is 5.76 Å². The molecule has 1 N–H and O–H groups in total. The fraction of sp³-hybridized carbons (Fsp3) is 0.412. The van der Waals surface area contributed by atoms with Crippen LogP contribution in [-0.4, -0.2) is 51.3 Å². The Kier molecular flexibility index (Phi) is 11.7. The van der Waals surface area contributed by atoms with Crippen LogP contribution in [0.15, 0.2) is 84.1 Å². The zero-order chi connectivity index (χ0) is 32.9. The zero-order valence-electron chi connectivity index (χ0n) is 26.4. The summed E-state index contributed by atoms with van der Waals surface area (Å²) >= 11 is 12.3. The number of aliphatic hydroxyl groups is 1. The molecule has 0 radical (unpaired) electrons. The van der Waals surface area contributed by atoms with Crippen LogP contribution in [0, 0.1) is 0 Å². The average Bonchev–Trinajstić information content (AvgIpc) is 2.94. The van der Waals surface area contributed by atoms with Gasteiger partial charge in [0.1, 0.15) is 12.4 Å². The number of nitrogens with zero attached hydrogens (tertiary/aromatic N) is 1. The molecule has 0 spiro atoms. The molecule has 0 amide bonds. The fourth-order valence-electron chi connectivity index (χ4n) is 4.58. The van der Waals surface area contributed by atoms with Crippen molar-refractivity contribution in [3.05, 3.63) is 111 Å². The summed E-state index contributed by atoms with van der Waals surface area (Å²) in [5, 5.41) is 10.8. The van der Waals surface area contributed by atoms with Crippen LogP contribution in [0.5, 0.6) is 5.75 Å². The van der Waals surface area contributed by atoms with Crippen LogP contribution in [0.1, 0.15) is 44.4 Å². The molecule has 0 aliphatic heterocycles. The van der Waals surface area contributed by atoms with E-state index in [4.69, 9.17) is 32.4 Å². The van der Waals surface area contributed by atoms with Crippen LogP contribution in [-0.2, 0) is 16.4 Å². The second-order valence-electron chi connectivity index (χ2n) is 12.6. The Balaban J connectivity index is 1.74. The van der Waals surface area contributed by atoms with Gasteiger partial charge in [-0.15, -0.1) is 0 Å². The lowest BCUT2D eigenvalue weighted by Crippen LogP contribution is -2.44. The molecule has 4 nitrogen and oxygen atoms in total. The highest BCUT2D eigenvalue weighted by Crippen LogP contribution is 2.42. The second-order valence-corrected chi connectivity index (χ2v) is 18.2. The van der Waals surface area contributed by atoms with Crippen LogP contribution in [0.25, 0.3) is 0 Å². The monoisotopic (exact) mass is 667 g/mol. The van der Waals surface area contributed by atoms with Gasteiger partial charge in [0.05, 0.1) is 12.1 Å². The first kappa shape index (κ1) is 36.0. The van der Waals surface area contributed by atoms with Crippen molar-refractivity contribution < 1.29 is 27.4 Å². The quantitative estimate of drug-likeness (QED) is 0.154. The van der Waals surface area contributed by atoms with Crippen molar-refractivity contribution in [3.63, 3.8) is 0 Å². The van der Waals surface area contributed by atoms with Crippen molar-refractivity contribution in [3.8, 4) is 5.75 Å². The van der Waals surface area contributed by atoms with E-state index < -0.39 is 37.4 Å². The summed E-state index contributed by atoms with van der Waals surface area (Å²) in [5.74, 6) is -0.496. The van der Waals surface area contributed by atoms with Gasteiger partial charge in [-0.3, -0.25) is 4.90 Å². The number of aliphatic hydroxyl groups excluding tert-OH is 1. The molecule has 0 aliphatic rings. The standard InChI is InChI=1S/C34H42Cl2F3NO3Si/c1-32(2,3)44(6,7)43-31(34(37,38)39)25(23-41)22-24-8-18-30(19-9-24)42-21-20-40(5)33(4,26-10-14-28(35)15-11-26)27-12-16-29(36)17-13-27/h8-19,41H,20-23H2,1-7H3. The molecule has 3 aromatic rings. The number of alkyl halides is 3. The summed E-state index contributed by atoms with van der Waals surface area (Å²) in [6.07, 6.45) is -4.81. The predicted molar refractivity (Wildman–Crippen MR) is 176 cm³/mol. The van der Waals surface area contributed by atoms with Gasteiger partial charge in [0, 0.05) is 22.2 Å². The minimum atomic E-state index is -4.71. The Bertz CT molecular complexity index is 1360. The van der Waals surface area contributed by atoms with Gasteiger partial charge in [-0.2, -0.15) is 13.2 Å². The summed E-state index contributed by atoms with van der Waals surface area (Å²) in [6, 6.07) is 22.4. The van der Waals surface area contributed by atoms with Gasteiger partial charge in [-0.25, -0.2) is 0 Å². The van der Waals surface area contributed by atoms with E-state index in [1.54, 1.807) is 37.4 Å². The highest BCUT2D eigenvalue weighted by molar-refractivity contribution is 6.74. The Morgan fingerprint density at radius 2 is 1.30 bits per heavy atom. The molecular formula is C34H42Cl2F3NO3Si. The summed E-state index contributed by atoms with van der Waals surface area (Å²) in [4.78, 5) is 2.19. The number of benzene rings is 3. The zero-order valence-corrected chi connectivity index (χ0v) is 28.9. The normalized spacial score (nSPS) is 13.6. The van der Waals surface area contributed by atoms with E-state index in [1.807, 2.05) is 76.3 Å². The van der Waals surface area contributed by atoms with E-state index in [-0.39, 0.29) is 12.0 Å². The van der Waals surface area contributed by atoms with E-state index in [0.29, 0.717) is 34.5 Å². The van der Waals surface area contributed by atoms with Crippen molar-refractivity contribution in [2.75, 3.05) is 26.8 Å². The summed E-state index contributed by atoms with van der Waals surface area (Å²) in [7, 11) is -0.778. The molecule has 3 aromatic carbocycles. The van der Waals surface area contributed by atoms with Crippen molar-refractivity contribution >= 4 is 31.5 Å². The van der Waals surface area contributed by atoms with Gasteiger partial charge in [-0.05, 0) is 91.6 Å². The molecule has 0 saturated carbocycles. The maximum Gasteiger partial charge on any atom is 0.447 e. The number of rotatable bonds is 12. The highest BCUT2D eigenvalue weighted by Gasteiger charge is 2.46. The topological polar surface area (TPSA) is 41.9 Å². The lowest BCUT2D eigenvalue weighted by Gasteiger charge is -2.40. The third-order valence-corrected chi connectivity index (χ3v) is 13.4. The molecule has 0 heterocycles. The molecule has 0 aromatic heterocycles. The molecule has 0 bridgehead atoms. The van der Waals surface area contributed by atoms with Crippen molar-refractivity contribution in [2.24, 2.45) is 0 Å². The Morgan fingerprint density at radius 1 is 0.818 bits per heavy atom. The van der Waals surface area contributed by atoms with E-state index >= 15 is 0 Å². The fourth-order valence-corrected chi connectivity index (χ4v) is 5.91. The lowest BCUT2D eigenvalue weighted by atomic mass is 9.83. The number of halogens is 5. The first-order chi connectivity index (χ1) is 20.4. The van der Waals surface area contributed by atoms with Gasteiger partial charge >= 0.3 is 6.18 Å². The minimum absolute atomic E-state index is 0.0937. The van der Waals surface area contributed by atoms with E-state index in [2.05, 4.69) is 11.8 Å². The predicted octanol–water partition coefficient (Wildman–Crippen LogP) is 9.64. The molecular weight excluding hydrogens is 626 g/mol. The molecule has 0 fully saturated rings. The highest BCUT2D eigenvalue weighted by atomic mass is 35.5. The van der Waals surface area contributed by atoms with Crippen molar-refractivity contribution in [1.29, 1.82) is 0 Å². The van der Waals surface area contributed by atoms with Crippen LogP contribution in [0.3, 0.4) is 0 Å². The van der Waals surface area contributed by atoms with Crippen LogP contribution < -0.4 is 4.74 Å². The van der Waals surface area contributed by atoms with Gasteiger partial charge in [-0.1, -0.05) is 80.4 Å². The van der Waals surface area contributed by atoms with Crippen LogP contribution >= 0.6 is 23.2 Å². The van der Waals surface area contributed by atoms with Crippen molar-refractivity contribution in [1.82, 2.24) is 4.90 Å². The van der Waals surface area contributed by atoms with Gasteiger partial charge < -0.3 is 14.3 Å². The second kappa shape index (κ2) is 14.3. The molecule has 0 aliphatic carbocycles. The maximum atomic E-state index is 14.1. The number of likely N-dealkylation sites (N-methyl/N-ethyl adjacent to an activating group) is 1. The van der Waals surface area contributed by atoms with Crippen LogP contribution in [0.2, 0.25) is 28.2 Å². The molecule has 10 heteroatoms. The number of hydrogen-bond acceptors (Lipinski definition) is 4. The van der Waals surface area contributed by atoms with Crippen LogP contribution in [0.4, 0.5) is 13.2 Å². The molecule has 240 valence electrons. The maximum absolute atomic E-state index is 14.1. The van der Waals surface area contributed by atoms with E-state index in [1.165, 1.54) is 0 Å². The van der Waals surface area contributed by atoms with E-state index in [9.17, 15) is 18.3 Å². The summed E-state index contributed by atoms with van der Waals surface area (Å²) in [6.45, 7) is 11.4. The minimum Gasteiger partial charge on any atom is -0.540 e. The summed E-state index contributed by atoms with van der Waals surface area (Å²) < 4.78 is 53.9. The molecule has 3 rings (SSSR count). The number of allylic oxidation sites excluding steroid dienone is 1. The largest absolute Gasteiger partial charge is 0.540 e. The molecule has 0 atom stereocenters. The first-order valence-electron chi connectivity index (χ1n) is 14.4. The summed E-state index contributed by atoms with van der Waals surface area (Å²) in [5.41, 5.74) is 2.02. The number of ether oxygens (including phenoxy) is 1. The molecule has 44 heavy (non-hydrogen) atoms. The van der Waals surface area contributed by atoms with E-state index in [0.717, 1.165) is 11.1 Å². The first-order valence-corrected chi connectivity index (χ1v) is 18.1.